The van der Waals surface area contributed by atoms with E-state index in [1.165, 1.54) is 22.0 Å². The van der Waals surface area contributed by atoms with Crippen molar-refractivity contribution >= 4 is 43.3 Å². The van der Waals surface area contributed by atoms with E-state index in [2.05, 4.69) is 60.9 Å². The molecular weight excluding hydrogens is 569 g/mol. The van der Waals surface area contributed by atoms with Gasteiger partial charge in [-0.15, -0.1) is 0 Å². The third-order valence-electron chi connectivity index (χ3n) is 6.13. The molecule has 0 aliphatic carbocycles. The molecule has 0 N–H and O–H groups in total. The van der Waals surface area contributed by atoms with Crippen molar-refractivity contribution in [3.8, 4) is 11.5 Å². The van der Waals surface area contributed by atoms with Crippen LogP contribution in [0.3, 0.4) is 0 Å². The number of aryl methyl sites for hydroxylation is 1. The van der Waals surface area contributed by atoms with Gasteiger partial charge in [0.05, 0.1) is 0 Å². The van der Waals surface area contributed by atoms with E-state index in [4.69, 9.17) is 17.8 Å². The van der Waals surface area contributed by atoms with Crippen LogP contribution in [0.2, 0.25) is 0 Å². The molecule has 0 saturated heterocycles. The molecule has 2 unspecified atom stereocenters. The summed E-state index contributed by atoms with van der Waals surface area (Å²) in [7, 11) is 10.6. The molecular formula is C21H26ClNO2PTl. The molecule has 0 saturated carbocycles. The van der Waals surface area contributed by atoms with Crippen LogP contribution in [0.1, 0.15) is 37.0 Å². The molecule has 2 heterocycles. The van der Waals surface area contributed by atoms with E-state index in [-0.39, 0.29) is 8.56 Å². The molecule has 4 rings (SSSR count). The number of nitrogens with zero attached hydrogens (tertiary/aromatic N) is 1. The second-order valence-electron chi connectivity index (χ2n) is 7.71. The predicted octanol–water partition coefficient (Wildman–Crippen LogP) is 4.87. The van der Waals surface area contributed by atoms with Gasteiger partial charge >= 0.3 is 177 Å². The standard InChI is InChI=1S/C21H26NO2P.ClH.Tl/c1-6-21(3)17-11-8-12-18(23-5)19(17)24-14-25(21)20-15(2)9-7-10-16(20)13-22-4;;/h7-12,14H,6,13H2,1-5H3;1H;/q-1;;+2/p-1. The van der Waals surface area contributed by atoms with Gasteiger partial charge in [-0.2, -0.15) is 0 Å². The Labute approximate surface area is 175 Å². The molecule has 27 heavy (non-hydrogen) atoms. The molecule has 0 bridgehead atoms. The van der Waals surface area contributed by atoms with E-state index in [1.54, 1.807) is 7.11 Å². The monoisotopic (exact) mass is 595 g/mol. The van der Waals surface area contributed by atoms with Gasteiger partial charge in [0, 0.05) is 0 Å². The first-order chi connectivity index (χ1) is 12.9. The van der Waals surface area contributed by atoms with Gasteiger partial charge in [0.25, 0.3) is 0 Å². The fourth-order valence-electron chi connectivity index (χ4n) is 4.49. The number of hydrogen-bond acceptors (Lipinski definition) is 3. The van der Waals surface area contributed by atoms with Crippen molar-refractivity contribution in [3.63, 3.8) is 0 Å². The van der Waals surface area contributed by atoms with Gasteiger partial charge in [0.1, 0.15) is 0 Å². The van der Waals surface area contributed by atoms with Crippen LogP contribution >= 0.6 is 16.2 Å². The Balaban J connectivity index is 2.02. The number of fused-ring (bicyclic) bond motifs is 4. The van der Waals surface area contributed by atoms with Gasteiger partial charge in [-0.25, -0.2) is 0 Å². The number of halogens is 1. The summed E-state index contributed by atoms with van der Waals surface area (Å²) in [5.74, 6) is 1.75. The Bertz CT molecular complexity index is 879. The maximum absolute atomic E-state index is 7.23. The van der Waals surface area contributed by atoms with E-state index in [9.17, 15) is 0 Å². The summed E-state index contributed by atoms with van der Waals surface area (Å²) in [5.41, 5.74) is 4.10. The van der Waals surface area contributed by atoms with Crippen molar-refractivity contribution in [2.45, 2.75) is 42.3 Å². The molecule has 2 aliphatic heterocycles. The first-order valence-electron chi connectivity index (χ1n) is 9.48. The summed E-state index contributed by atoms with van der Waals surface area (Å²) in [6, 6.07) is 13.0. The van der Waals surface area contributed by atoms with Crippen molar-refractivity contribution in [2.24, 2.45) is 0 Å². The van der Waals surface area contributed by atoms with Crippen molar-refractivity contribution in [3.05, 3.63) is 53.1 Å². The fourth-order valence-corrected chi connectivity index (χ4v) is 26.5. The molecule has 2 aliphatic rings. The molecule has 3 atom stereocenters. The summed E-state index contributed by atoms with van der Waals surface area (Å²) in [5, 5.41) is 1.55. The second kappa shape index (κ2) is 7.47. The van der Waals surface area contributed by atoms with Gasteiger partial charge in [-0.05, 0) is 0 Å². The number of methoxy groups -OCH3 is 1. The van der Waals surface area contributed by atoms with Gasteiger partial charge in [0.15, 0.2) is 0 Å². The summed E-state index contributed by atoms with van der Waals surface area (Å²) < 4.78 is 15.0. The molecule has 0 radical (unpaired) electrons. The quantitative estimate of drug-likeness (QED) is 0.366. The fraction of sp³-hybridized carbons (Fsp3) is 0.429. The zero-order valence-corrected chi connectivity index (χ0v) is 22.8. The first-order valence-corrected chi connectivity index (χ1v) is 21.0. The van der Waals surface area contributed by atoms with Crippen LogP contribution in [-0.2, 0) is 11.7 Å². The molecule has 0 fully saturated rings. The van der Waals surface area contributed by atoms with E-state index >= 15 is 0 Å². The van der Waals surface area contributed by atoms with E-state index in [1.807, 2.05) is 6.07 Å². The van der Waals surface area contributed by atoms with Gasteiger partial charge in [-0.1, -0.05) is 0 Å². The Kier molecular flexibility index (Phi) is 5.52. The Morgan fingerprint density at radius 1 is 1.33 bits per heavy atom. The van der Waals surface area contributed by atoms with Crippen LogP contribution in [0.5, 0.6) is 11.5 Å². The third-order valence-corrected chi connectivity index (χ3v) is 28.3. The molecule has 142 valence electrons. The molecule has 0 spiro atoms. The van der Waals surface area contributed by atoms with Crippen LogP contribution in [0.15, 0.2) is 36.4 Å². The van der Waals surface area contributed by atoms with Crippen LogP contribution in [0.4, 0.5) is 0 Å². The number of para-hydroxylation sites is 1. The summed E-state index contributed by atoms with van der Waals surface area (Å²) in [6.45, 7) is 7.92. The summed E-state index contributed by atoms with van der Waals surface area (Å²) in [6.07, 6.45) is 1.06. The molecule has 0 amide bonds. The zero-order valence-electron chi connectivity index (χ0n) is 16.6. The Morgan fingerprint density at radius 2 is 2.07 bits per heavy atom. The minimum absolute atomic E-state index is 0.0291. The molecule has 3 nitrogen and oxygen atoms in total. The Morgan fingerprint density at radius 3 is 2.78 bits per heavy atom. The average Bonchev–Trinajstić information content (AvgIpc) is 2.78. The van der Waals surface area contributed by atoms with E-state index in [0.29, 0.717) is 0 Å². The van der Waals surface area contributed by atoms with E-state index < -0.39 is 29.7 Å². The van der Waals surface area contributed by atoms with Crippen molar-refractivity contribution in [2.75, 3.05) is 14.2 Å². The Hall–Kier alpha value is -0.358. The van der Waals surface area contributed by atoms with Crippen LogP contribution < -0.4 is 14.8 Å². The SMILES string of the molecule is CCC1(C)c2cccc(OC)c2O[C@H]2P1c1c(C)cccc1C[N](C)[Tl]2[Cl]. The molecule has 2 aromatic carbocycles. The van der Waals surface area contributed by atoms with Gasteiger partial charge in [-0.3, -0.25) is 0 Å². The first kappa shape index (κ1) is 19.9. The number of benzene rings is 2. The van der Waals surface area contributed by atoms with Crippen LogP contribution in [0, 0.1) is 6.92 Å². The van der Waals surface area contributed by atoms with E-state index in [0.717, 1.165) is 24.5 Å². The van der Waals surface area contributed by atoms with Crippen LogP contribution in [-0.4, -0.2) is 42.0 Å². The number of rotatable bonds is 2. The predicted molar refractivity (Wildman–Crippen MR) is 116 cm³/mol. The maximum atomic E-state index is 7.23. The average molecular weight is 595 g/mol. The van der Waals surface area contributed by atoms with Gasteiger partial charge < -0.3 is 0 Å². The molecule has 0 aromatic heterocycles. The molecule has 2 aromatic rings. The minimum atomic E-state index is -2.78. The molecule has 6 heteroatoms. The normalized spacial score (nSPS) is 27.1. The topological polar surface area (TPSA) is 21.7 Å². The number of hydrogen-bond donors (Lipinski definition) is 0. The summed E-state index contributed by atoms with van der Waals surface area (Å²) >= 11 is -2.78. The summed E-state index contributed by atoms with van der Waals surface area (Å²) in [4.78, 5) is 0. The van der Waals surface area contributed by atoms with Crippen LogP contribution in [0.25, 0.3) is 0 Å². The van der Waals surface area contributed by atoms with Crippen molar-refractivity contribution < 1.29 is 9.47 Å². The second-order valence-corrected chi connectivity index (χ2v) is 25.2. The zero-order chi connectivity index (χ0) is 19.3. The van der Waals surface area contributed by atoms with Crippen molar-refractivity contribution in [1.29, 1.82) is 0 Å². The number of ether oxygens (including phenoxy) is 2. The van der Waals surface area contributed by atoms with Gasteiger partial charge in [0.2, 0.25) is 0 Å². The third kappa shape index (κ3) is 3.04. The van der Waals surface area contributed by atoms with Crippen molar-refractivity contribution in [1.82, 2.24) is 2.71 Å².